The van der Waals surface area contributed by atoms with Crippen LogP contribution in [0.1, 0.15) is 13.8 Å². The van der Waals surface area contributed by atoms with Crippen LogP contribution in [-0.4, -0.2) is 15.0 Å². The van der Waals surface area contributed by atoms with Gasteiger partial charge in [-0.3, -0.25) is 0 Å². The Bertz CT molecular complexity index is 458. The third-order valence-electron chi connectivity index (χ3n) is 1.60. The summed E-state index contributed by atoms with van der Waals surface area (Å²) in [5.41, 5.74) is 1.09. The SMILES string of the molecule is CC(C)=CCNS(=O)(=O)c1ccc(Br)s1. The molecule has 0 saturated heterocycles. The van der Waals surface area contributed by atoms with Crippen LogP contribution in [0, 0.1) is 0 Å². The molecule has 0 radical (unpaired) electrons. The van der Waals surface area contributed by atoms with Gasteiger partial charge in [0.1, 0.15) is 4.21 Å². The van der Waals surface area contributed by atoms with Crippen LogP contribution in [0.25, 0.3) is 0 Å². The minimum Gasteiger partial charge on any atom is -0.207 e. The predicted molar refractivity (Wildman–Crippen MR) is 66.6 cm³/mol. The number of hydrogen-bond acceptors (Lipinski definition) is 3. The fraction of sp³-hybridized carbons (Fsp3) is 0.333. The van der Waals surface area contributed by atoms with Gasteiger partial charge in [-0.25, -0.2) is 13.1 Å². The van der Waals surface area contributed by atoms with Gasteiger partial charge in [-0.2, -0.15) is 0 Å². The maximum atomic E-state index is 11.7. The van der Waals surface area contributed by atoms with Gasteiger partial charge in [-0.15, -0.1) is 11.3 Å². The van der Waals surface area contributed by atoms with Crippen molar-refractivity contribution in [3.05, 3.63) is 27.6 Å². The number of rotatable bonds is 4. The minimum atomic E-state index is -3.34. The Morgan fingerprint density at radius 2 is 2.20 bits per heavy atom. The lowest BCUT2D eigenvalue weighted by Gasteiger charge is -2.01. The van der Waals surface area contributed by atoms with E-state index in [4.69, 9.17) is 0 Å². The summed E-state index contributed by atoms with van der Waals surface area (Å²) >= 11 is 4.43. The van der Waals surface area contributed by atoms with Crippen LogP contribution < -0.4 is 4.72 Å². The third kappa shape index (κ3) is 4.06. The first-order valence-electron chi connectivity index (χ1n) is 4.30. The van der Waals surface area contributed by atoms with E-state index in [9.17, 15) is 8.42 Å². The van der Waals surface area contributed by atoms with Gasteiger partial charge in [0.25, 0.3) is 0 Å². The smallest absolute Gasteiger partial charge is 0.207 e. The predicted octanol–water partition coefficient (Wildman–Crippen LogP) is 2.76. The summed E-state index contributed by atoms with van der Waals surface area (Å²) in [5.74, 6) is 0. The Labute approximate surface area is 102 Å². The first kappa shape index (κ1) is 12.9. The molecule has 0 aliphatic heterocycles. The quantitative estimate of drug-likeness (QED) is 0.869. The first-order valence-corrected chi connectivity index (χ1v) is 7.39. The summed E-state index contributed by atoms with van der Waals surface area (Å²) in [6, 6.07) is 3.31. The highest BCUT2D eigenvalue weighted by Gasteiger charge is 2.14. The maximum absolute atomic E-state index is 11.7. The Kier molecular flexibility index (Phi) is 4.51. The Morgan fingerprint density at radius 3 is 2.67 bits per heavy atom. The zero-order valence-corrected chi connectivity index (χ0v) is 11.7. The zero-order valence-electron chi connectivity index (χ0n) is 8.45. The van der Waals surface area contributed by atoms with E-state index in [0.717, 1.165) is 9.36 Å². The molecule has 15 heavy (non-hydrogen) atoms. The molecule has 0 unspecified atom stereocenters. The molecule has 3 nitrogen and oxygen atoms in total. The standard InChI is InChI=1S/C9H12BrNO2S2/c1-7(2)5-6-11-15(12,13)9-4-3-8(10)14-9/h3-5,11H,6H2,1-2H3. The highest BCUT2D eigenvalue weighted by Crippen LogP contribution is 2.25. The average molecular weight is 310 g/mol. The Morgan fingerprint density at radius 1 is 1.53 bits per heavy atom. The van der Waals surface area contributed by atoms with Gasteiger partial charge in [0.05, 0.1) is 3.79 Å². The third-order valence-corrected chi connectivity index (χ3v) is 5.14. The van der Waals surface area contributed by atoms with Gasteiger partial charge in [-0.1, -0.05) is 11.6 Å². The Balaban J connectivity index is 2.73. The number of thiophene rings is 1. The molecule has 1 heterocycles. The van der Waals surface area contributed by atoms with E-state index < -0.39 is 10.0 Å². The topological polar surface area (TPSA) is 46.2 Å². The summed E-state index contributed by atoms with van der Waals surface area (Å²) < 4.78 is 27.0. The molecular formula is C9H12BrNO2S2. The molecule has 0 spiro atoms. The average Bonchev–Trinajstić information content (AvgIpc) is 2.51. The molecule has 0 saturated carbocycles. The van der Waals surface area contributed by atoms with Crippen molar-refractivity contribution in [1.82, 2.24) is 4.72 Å². The van der Waals surface area contributed by atoms with Crippen molar-refractivity contribution in [2.45, 2.75) is 18.1 Å². The Hall–Kier alpha value is -0.170. The van der Waals surface area contributed by atoms with Crippen LogP contribution in [0.15, 0.2) is 31.8 Å². The van der Waals surface area contributed by atoms with Crippen LogP contribution >= 0.6 is 27.3 Å². The van der Waals surface area contributed by atoms with Gasteiger partial charge >= 0.3 is 0 Å². The van der Waals surface area contributed by atoms with Crippen molar-refractivity contribution < 1.29 is 8.42 Å². The van der Waals surface area contributed by atoms with Crippen LogP contribution in [0.3, 0.4) is 0 Å². The van der Waals surface area contributed by atoms with Gasteiger partial charge in [0.15, 0.2) is 0 Å². The number of halogens is 1. The summed E-state index contributed by atoms with van der Waals surface area (Å²) in [5, 5.41) is 0. The fourth-order valence-electron chi connectivity index (χ4n) is 0.869. The molecule has 1 aromatic heterocycles. The van der Waals surface area contributed by atoms with E-state index in [2.05, 4.69) is 20.7 Å². The summed E-state index contributed by atoms with van der Waals surface area (Å²) in [4.78, 5) is 0. The van der Waals surface area contributed by atoms with Gasteiger partial charge < -0.3 is 0 Å². The van der Waals surface area contributed by atoms with Gasteiger partial charge in [-0.05, 0) is 41.9 Å². The van der Waals surface area contributed by atoms with Crippen LogP contribution in [0.5, 0.6) is 0 Å². The van der Waals surface area contributed by atoms with E-state index >= 15 is 0 Å². The first-order chi connectivity index (χ1) is 6.92. The van der Waals surface area contributed by atoms with E-state index in [1.54, 1.807) is 12.1 Å². The van der Waals surface area contributed by atoms with Crippen molar-refractivity contribution in [2.75, 3.05) is 6.54 Å². The molecule has 1 N–H and O–H groups in total. The molecule has 0 aliphatic carbocycles. The van der Waals surface area contributed by atoms with Crippen molar-refractivity contribution in [2.24, 2.45) is 0 Å². The molecule has 0 amide bonds. The molecule has 1 rings (SSSR count). The van der Waals surface area contributed by atoms with Gasteiger partial charge in [0, 0.05) is 6.54 Å². The lowest BCUT2D eigenvalue weighted by molar-refractivity contribution is 0.587. The van der Waals surface area contributed by atoms with Crippen molar-refractivity contribution in [3.8, 4) is 0 Å². The number of nitrogens with one attached hydrogen (secondary N) is 1. The second kappa shape index (κ2) is 5.25. The van der Waals surface area contributed by atoms with E-state index in [1.807, 2.05) is 19.9 Å². The summed E-state index contributed by atoms with van der Waals surface area (Å²) in [6.07, 6.45) is 1.83. The van der Waals surface area contributed by atoms with E-state index in [-0.39, 0.29) is 0 Å². The summed E-state index contributed by atoms with van der Waals surface area (Å²) in [6.45, 7) is 4.19. The van der Waals surface area contributed by atoms with Crippen molar-refractivity contribution >= 4 is 37.3 Å². The molecule has 0 atom stereocenters. The summed E-state index contributed by atoms with van der Waals surface area (Å²) in [7, 11) is -3.34. The molecule has 1 aromatic rings. The number of sulfonamides is 1. The second-order valence-corrected chi connectivity index (χ2v) is 7.65. The molecule has 0 aromatic carbocycles. The molecular weight excluding hydrogens is 298 g/mol. The molecule has 6 heteroatoms. The molecule has 84 valence electrons. The van der Waals surface area contributed by atoms with Crippen LogP contribution in [0.2, 0.25) is 0 Å². The van der Waals surface area contributed by atoms with Crippen LogP contribution in [0.4, 0.5) is 0 Å². The lowest BCUT2D eigenvalue weighted by Crippen LogP contribution is -2.22. The molecule has 0 bridgehead atoms. The van der Waals surface area contributed by atoms with Gasteiger partial charge in [0.2, 0.25) is 10.0 Å². The zero-order chi connectivity index (χ0) is 11.5. The molecule has 0 fully saturated rings. The highest BCUT2D eigenvalue weighted by atomic mass is 79.9. The largest absolute Gasteiger partial charge is 0.250 e. The lowest BCUT2D eigenvalue weighted by atomic mass is 10.3. The van der Waals surface area contributed by atoms with E-state index in [1.165, 1.54) is 11.3 Å². The van der Waals surface area contributed by atoms with Crippen molar-refractivity contribution in [1.29, 1.82) is 0 Å². The maximum Gasteiger partial charge on any atom is 0.250 e. The minimum absolute atomic E-state index is 0.330. The fourth-order valence-corrected chi connectivity index (χ4v) is 3.89. The number of allylic oxidation sites excluding steroid dienone is 1. The van der Waals surface area contributed by atoms with Crippen LogP contribution in [-0.2, 0) is 10.0 Å². The number of hydrogen-bond donors (Lipinski definition) is 1. The highest BCUT2D eigenvalue weighted by molar-refractivity contribution is 9.11. The second-order valence-electron chi connectivity index (χ2n) is 3.19. The van der Waals surface area contributed by atoms with E-state index in [0.29, 0.717) is 10.8 Å². The molecule has 0 aliphatic rings. The monoisotopic (exact) mass is 309 g/mol. The normalized spacial score (nSPS) is 11.4. The van der Waals surface area contributed by atoms with Crippen molar-refractivity contribution in [3.63, 3.8) is 0 Å².